The topological polar surface area (TPSA) is 72.5 Å². The molecule has 5 nitrogen and oxygen atoms in total. The van der Waals surface area contributed by atoms with Crippen LogP contribution in [0.1, 0.15) is 41.0 Å². The van der Waals surface area contributed by atoms with Gasteiger partial charge in [-0.15, -0.1) is 0 Å². The number of nitrogens with one attached hydrogen (secondary N) is 1. The fourth-order valence-corrected chi connectivity index (χ4v) is 2.33. The lowest BCUT2D eigenvalue weighted by atomic mass is 10.2. The van der Waals surface area contributed by atoms with Crippen molar-refractivity contribution in [2.24, 2.45) is 0 Å². The second kappa shape index (κ2) is 5.63. The van der Waals surface area contributed by atoms with E-state index in [1.54, 1.807) is 27.7 Å². The number of hydrogen-bond donors (Lipinski definition) is 1. The van der Waals surface area contributed by atoms with Crippen molar-refractivity contribution in [1.29, 1.82) is 0 Å². The van der Waals surface area contributed by atoms with Crippen LogP contribution >= 0.6 is 0 Å². The van der Waals surface area contributed by atoms with E-state index >= 15 is 0 Å². The maximum Gasteiger partial charge on any atom is 0.324 e. The van der Waals surface area contributed by atoms with Crippen LogP contribution in [0.25, 0.3) is 0 Å². The Morgan fingerprint density at radius 3 is 2.25 bits per heavy atom. The summed E-state index contributed by atoms with van der Waals surface area (Å²) < 4.78 is 30.1. The normalized spacial score (nSPS) is 14.6. The van der Waals surface area contributed by atoms with E-state index < -0.39 is 27.6 Å². The third kappa shape index (κ3) is 6.79. The van der Waals surface area contributed by atoms with E-state index in [0.717, 1.165) is 0 Å². The zero-order chi connectivity index (χ0) is 13.0. The Balaban J connectivity index is 4.37. The predicted molar refractivity (Wildman–Crippen MR) is 62.5 cm³/mol. The molecule has 0 rings (SSSR count). The van der Waals surface area contributed by atoms with Crippen molar-refractivity contribution < 1.29 is 17.9 Å². The first kappa shape index (κ1) is 15.4. The second-order valence-electron chi connectivity index (χ2n) is 4.69. The Bertz CT molecular complexity index is 329. The van der Waals surface area contributed by atoms with Crippen molar-refractivity contribution in [3.05, 3.63) is 0 Å². The minimum absolute atomic E-state index is 0.0140. The van der Waals surface area contributed by atoms with E-state index in [1.807, 2.05) is 0 Å². The van der Waals surface area contributed by atoms with Gasteiger partial charge in [0.2, 0.25) is 10.0 Å². The highest BCUT2D eigenvalue weighted by atomic mass is 32.2. The van der Waals surface area contributed by atoms with Crippen LogP contribution in [-0.2, 0) is 19.6 Å². The Hall–Kier alpha value is -0.620. The van der Waals surface area contributed by atoms with E-state index in [2.05, 4.69) is 4.72 Å². The van der Waals surface area contributed by atoms with E-state index in [9.17, 15) is 13.2 Å². The van der Waals surface area contributed by atoms with Gasteiger partial charge in [0.05, 0.1) is 5.75 Å². The second-order valence-corrected chi connectivity index (χ2v) is 6.57. The largest absolute Gasteiger partial charge is 0.459 e. The zero-order valence-corrected chi connectivity index (χ0v) is 11.3. The molecule has 1 atom stereocenters. The standard InChI is InChI=1S/C10H21NO4S/c1-6-7-16(13,14)11-8(2)9(12)15-10(3,4)5/h8,11H,6-7H2,1-5H3. The molecule has 1 N–H and O–H groups in total. The van der Waals surface area contributed by atoms with Crippen molar-refractivity contribution in [3.8, 4) is 0 Å². The molecule has 0 radical (unpaired) electrons. The van der Waals surface area contributed by atoms with Crippen molar-refractivity contribution in [1.82, 2.24) is 4.72 Å². The lowest BCUT2D eigenvalue weighted by Crippen LogP contribution is -2.42. The monoisotopic (exact) mass is 251 g/mol. The molecule has 0 heterocycles. The molecule has 0 saturated heterocycles. The minimum Gasteiger partial charge on any atom is -0.459 e. The van der Waals surface area contributed by atoms with Gasteiger partial charge in [-0.1, -0.05) is 6.92 Å². The van der Waals surface area contributed by atoms with Gasteiger partial charge in [0.15, 0.2) is 0 Å². The first-order chi connectivity index (χ1) is 7.07. The van der Waals surface area contributed by atoms with E-state index in [4.69, 9.17) is 4.74 Å². The SMILES string of the molecule is CCCS(=O)(=O)NC(C)C(=O)OC(C)(C)C. The van der Waals surface area contributed by atoms with Gasteiger partial charge in [0, 0.05) is 0 Å². The molecule has 96 valence electrons. The lowest BCUT2D eigenvalue weighted by molar-refractivity contribution is -0.156. The summed E-state index contributed by atoms with van der Waals surface area (Å²) in [6.45, 7) is 8.44. The van der Waals surface area contributed by atoms with Gasteiger partial charge in [0.1, 0.15) is 11.6 Å². The molecule has 0 aromatic heterocycles. The van der Waals surface area contributed by atoms with Crippen molar-refractivity contribution in [2.75, 3.05) is 5.75 Å². The van der Waals surface area contributed by atoms with Crippen molar-refractivity contribution >= 4 is 16.0 Å². The zero-order valence-electron chi connectivity index (χ0n) is 10.5. The highest BCUT2D eigenvalue weighted by Gasteiger charge is 2.24. The lowest BCUT2D eigenvalue weighted by Gasteiger charge is -2.22. The molecule has 1 unspecified atom stereocenters. The number of sulfonamides is 1. The predicted octanol–water partition coefficient (Wildman–Crippen LogP) is 1.05. The number of carbonyl (C=O) groups excluding carboxylic acids is 1. The van der Waals surface area contributed by atoms with Crippen LogP contribution in [0.3, 0.4) is 0 Å². The van der Waals surface area contributed by atoms with Gasteiger partial charge in [0.25, 0.3) is 0 Å². The van der Waals surface area contributed by atoms with Crippen LogP contribution < -0.4 is 4.72 Å². The van der Waals surface area contributed by atoms with Crippen LogP contribution in [-0.4, -0.2) is 31.8 Å². The number of ether oxygens (including phenoxy) is 1. The minimum atomic E-state index is -3.38. The van der Waals surface area contributed by atoms with Crippen molar-refractivity contribution in [3.63, 3.8) is 0 Å². The molecule has 0 aliphatic heterocycles. The first-order valence-corrected chi connectivity index (χ1v) is 6.95. The molecule has 0 aromatic rings. The van der Waals surface area contributed by atoms with E-state index in [1.165, 1.54) is 6.92 Å². The summed E-state index contributed by atoms with van der Waals surface area (Å²) in [6.07, 6.45) is 0.510. The summed E-state index contributed by atoms with van der Waals surface area (Å²) in [5.41, 5.74) is -0.610. The fourth-order valence-electron chi connectivity index (χ4n) is 1.04. The maximum absolute atomic E-state index is 11.5. The summed E-state index contributed by atoms with van der Waals surface area (Å²) in [6, 6.07) is -0.851. The number of carbonyl (C=O) groups is 1. The molecule has 0 spiro atoms. The Kier molecular flexibility index (Phi) is 5.41. The van der Waals surface area contributed by atoms with Crippen LogP contribution in [0.2, 0.25) is 0 Å². The van der Waals surface area contributed by atoms with E-state index in [0.29, 0.717) is 6.42 Å². The molecule has 0 bridgehead atoms. The number of rotatable bonds is 5. The van der Waals surface area contributed by atoms with Gasteiger partial charge in [-0.25, -0.2) is 13.1 Å². The number of hydrogen-bond acceptors (Lipinski definition) is 4. The molecule has 0 aliphatic carbocycles. The molecule has 0 aliphatic rings. The Labute approximate surface area is 97.6 Å². The summed E-state index contributed by atoms with van der Waals surface area (Å²) in [7, 11) is -3.38. The molecule has 0 aromatic carbocycles. The first-order valence-electron chi connectivity index (χ1n) is 5.30. The van der Waals surface area contributed by atoms with Gasteiger partial charge >= 0.3 is 5.97 Å². The molecule has 6 heteroatoms. The molecule has 16 heavy (non-hydrogen) atoms. The van der Waals surface area contributed by atoms with Crippen LogP contribution in [0, 0.1) is 0 Å². The third-order valence-electron chi connectivity index (χ3n) is 1.59. The average molecular weight is 251 g/mol. The van der Waals surface area contributed by atoms with Crippen LogP contribution in [0.15, 0.2) is 0 Å². The summed E-state index contributed by atoms with van der Waals surface area (Å²) in [5.74, 6) is -0.549. The van der Waals surface area contributed by atoms with Crippen LogP contribution in [0.5, 0.6) is 0 Å². The van der Waals surface area contributed by atoms with Gasteiger partial charge in [-0.05, 0) is 34.1 Å². The highest BCUT2D eigenvalue weighted by molar-refractivity contribution is 7.89. The maximum atomic E-state index is 11.5. The summed E-state index contributed by atoms with van der Waals surface area (Å²) >= 11 is 0. The molecule has 0 amide bonds. The molecular formula is C10H21NO4S. The highest BCUT2D eigenvalue weighted by Crippen LogP contribution is 2.08. The quantitative estimate of drug-likeness (QED) is 0.741. The smallest absolute Gasteiger partial charge is 0.324 e. The van der Waals surface area contributed by atoms with Gasteiger partial charge in [-0.2, -0.15) is 0 Å². The van der Waals surface area contributed by atoms with Gasteiger partial charge < -0.3 is 4.74 Å². The Morgan fingerprint density at radius 1 is 1.38 bits per heavy atom. The molecule has 0 saturated carbocycles. The fraction of sp³-hybridized carbons (Fsp3) is 0.900. The number of esters is 1. The Morgan fingerprint density at radius 2 is 1.88 bits per heavy atom. The average Bonchev–Trinajstić information content (AvgIpc) is 1.99. The summed E-state index contributed by atoms with van der Waals surface area (Å²) in [5, 5.41) is 0. The third-order valence-corrected chi connectivity index (χ3v) is 3.25. The molecule has 0 fully saturated rings. The summed E-state index contributed by atoms with van der Waals surface area (Å²) in [4.78, 5) is 11.5. The van der Waals surface area contributed by atoms with Gasteiger partial charge in [-0.3, -0.25) is 4.79 Å². The van der Waals surface area contributed by atoms with E-state index in [-0.39, 0.29) is 5.75 Å². The van der Waals surface area contributed by atoms with Crippen molar-refractivity contribution in [2.45, 2.75) is 52.7 Å². The van der Waals surface area contributed by atoms with Crippen LogP contribution in [0.4, 0.5) is 0 Å². The molecular weight excluding hydrogens is 230 g/mol.